The molecular weight excluding hydrogens is 406 g/mol. The van der Waals surface area contributed by atoms with Gasteiger partial charge in [0.15, 0.2) is 0 Å². The fourth-order valence-corrected chi connectivity index (χ4v) is 3.66. The van der Waals surface area contributed by atoms with E-state index in [9.17, 15) is 9.59 Å². The number of aryl methyl sites for hydroxylation is 1. The van der Waals surface area contributed by atoms with E-state index in [0.29, 0.717) is 13.1 Å². The number of methoxy groups -OCH3 is 1. The lowest BCUT2D eigenvalue weighted by atomic mass is 10.1. The standard InChI is InChI=1S/C25H33N3O4/c1-20-6-8-21(9-7-20)18-28(25(30)19-31-2)23-5-3-4-22(16-23)17-24(29)26-10-11-27-12-14-32-15-13-27/h3-9,16H,10-15,17-19H2,1-2H3,(H,26,29). The molecule has 0 unspecified atom stereocenters. The maximum Gasteiger partial charge on any atom is 0.253 e. The van der Waals surface area contributed by atoms with Crippen molar-refractivity contribution in [2.75, 3.05) is 58.0 Å². The van der Waals surface area contributed by atoms with Crippen molar-refractivity contribution in [2.24, 2.45) is 0 Å². The van der Waals surface area contributed by atoms with E-state index >= 15 is 0 Å². The van der Waals surface area contributed by atoms with Gasteiger partial charge in [0, 0.05) is 39.0 Å². The summed E-state index contributed by atoms with van der Waals surface area (Å²) in [5.41, 5.74) is 3.83. The quantitative estimate of drug-likeness (QED) is 0.614. The summed E-state index contributed by atoms with van der Waals surface area (Å²) in [6.45, 7) is 7.23. The number of hydrogen-bond donors (Lipinski definition) is 1. The highest BCUT2D eigenvalue weighted by atomic mass is 16.5. The molecule has 1 saturated heterocycles. The molecule has 0 bridgehead atoms. The Morgan fingerprint density at radius 1 is 1.09 bits per heavy atom. The molecule has 0 aromatic heterocycles. The maximum atomic E-state index is 12.7. The third-order valence-corrected chi connectivity index (χ3v) is 5.47. The van der Waals surface area contributed by atoms with Crippen LogP contribution < -0.4 is 10.2 Å². The Bertz CT molecular complexity index is 879. The Labute approximate surface area is 190 Å². The van der Waals surface area contributed by atoms with Gasteiger partial charge in [0.25, 0.3) is 5.91 Å². The van der Waals surface area contributed by atoms with Crippen molar-refractivity contribution in [3.05, 3.63) is 65.2 Å². The third kappa shape index (κ3) is 7.44. The average Bonchev–Trinajstić information content (AvgIpc) is 2.79. The predicted octanol–water partition coefficient (Wildman–Crippen LogP) is 2.17. The maximum absolute atomic E-state index is 12.7. The lowest BCUT2D eigenvalue weighted by Crippen LogP contribution is -2.41. The van der Waals surface area contributed by atoms with Crippen molar-refractivity contribution in [3.63, 3.8) is 0 Å². The van der Waals surface area contributed by atoms with Gasteiger partial charge in [-0.3, -0.25) is 14.5 Å². The van der Waals surface area contributed by atoms with Gasteiger partial charge < -0.3 is 19.7 Å². The summed E-state index contributed by atoms with van der Waals surface area (Å²) in [7, 11) is 1.51. The Balaban J connectivity index is 1.61. The van der Waals surface area contributed by atoms with Gasteiger partial charge in [-0.1, -0.05) is 42.0 Å². The first-order chi connectivity index (χ1) is 15.5. The number of morpholine rings is 1. The van der Waals surface area contributed by atoms with E-state index < -0.39 is 0 Å². The molecule has 1 aliphatic rings. The zero-order valence-electron chi connectivity index (χ0n) is 19.0. The molecule has 172 valence electrons. The second kappa shape index (κ2) is 12.3. The molecule has 0 radical (unpaired) electrons. The Kier molecular flexibility index (Phi) is 9.22. The summed E-state index contributed by atoms with van der Waals surface area (Å²) in [6.07, 6.45) is 0.272. The van der Waals surface area contributed by atoms with E-state index in [4.69, 9.17) is 9.47 Å². The second-order valence-electron chi connectivity index (χ2n) is 8.05. The smallest absolute Gasteiger partial charge is 0.253 e. The zero-order valence-corrected chi connectivity index (χ0v) is 19.0. The number of carbonyl (C=O) groups is 2. The largest absolute Gasteiger partial charge is 0.379 e. The molecule has 3 rings (SSSR count). The topological polar surface area (TPSA) is 71.1 Å². The highest BCUT2D eigenvalue weighted by Gasteiger charge is 2.17. The monoisotopic (exact) mass is 439 g/mol. The lowest BCUT2D eigenvalue weighted by Gasteiger charge is -2.26. The van der Waals surface area contributed by atoms with Crippen molar-refractivity contribution < 1.29 is 19.1 Å². The molecule has 7 nitrogen and oxygen atoms in total. The number of ether oxygens (including phenoxy) is 2. The average molecular weight is 440 g/mol. The Hall–Kier alpha value is -2.74. The summed E-state index contributed by atoms with van der Waals surface area (Å²) >= 11 is 0. The van der Waals surface area contributed by atoms with Crippen molar-refractivity contribution in [3.8, 4) is 0 Å². The fourth-order valence-electron chi connectivity index (χ4n) is 3.66. The molecule has 2 aromatic carbocycles. The number of nitrogens with one attached hydrogen (secondary N) is 1. The van der Waals surface area contributed by atoms with Crippen molar-refractivity contribution in [1.29, 1.82) is 0 Å². The van der Waals surface area contributed by atoms with E-state index in [1.807, 2.05) is 55.5 Å². The SMILES string of the molecule is COCC(=O)N(Cc1ccc(C)cc1)c1cccc(CC(=O)NCCN2CCOCC2)c1. The van der Waals surface area contributed by atoms with E-state index in [2.05, 4.69) is 10.2 Å². The number of nitrogens with zero attached hydrogens (tertiary/aromatic N) is 2. The van der Waals surface area contributed by atoms with E-state index in [0.717, 1.165) is 49.7 Å². The molecule has 1 aliphatic heterocycles. The fraction of sp³-hybridized carbons (Fsp3) is 0.440. The molecular formula is C25H33N3O4. The molecule has 7 heteroatoms. The summed E-state index contributed by atoms with van der Waals surface area (Å²) < 4.78 is 10.4. The van der Waals surface area contributed by atoms with E-state index in [1.165, 1.54) is 12.7 Å². The summed E-state index contributed by atoms with van der Waals surface area (Å²) in [5, 5.41) is 2.99. The number of rotatable bonds is 10. The van der Waals surface area contributed by atoms with Gasteiger partial charge in [-0.05, 0) is 30.2 Å². The highest BCUT2D eigenvalue weighted by Crippen LogP contribution is 2.20. The van der Waals surface area contributed by atoms with Crippen LogP contribution in [0.5, 0.6) is 0 Å². The van der Waals surface area contributed by atoms with E-state index in [-0.39, 0.29) is 24.8 Å². The van der Waals surface area contributed by atoms with Gasteiger partial charge in [0.05, 0.1) is 26.2 Å². The zero-order chi connectivity index (χ0) is 22.8. The lowest BCUT2D eigenvalue weighted by molar-refractivity contribution is -0.122. The predicted molar refractivity (Wildman–Crippen MR) is 125 cm³/mol. The van der Waals surface area contributed by atoms with Crippen LogP contribution in [-0.2, 0) is 32.0 Å². The Morgan fingerprint density at radius 3 is 2.56 bits per heavy atom. The number of carbonyl (C=O) groups excluding carboxylic acids is 2. The van der Waals surface area contributed by atoms with Crippen LogP contribution >= 0.6 is 0 Å². The number of hydrogen-bond acceptors (Lipinski definition) is 5. The van der Waals surface area contributed by atoms with Gasteiger partial charge in [-0.25, -0.2) is 0 Å². The van der Waals surface area contributed by atoms with Crippen LogP contribution in [0.25, 0.3) is 0 Å². The van der Waals surface area contributed by atoms with E-state index in [1.54, 1.807) is 4.90 Å². The van der Waals surface area contributed by atoms with Crippen LogP contribution in [0, 0.1) is 6.92 Å². The molecule has 32 heavy (non-hydrogen) atoms. The first kappa shape index (κ1) is 23.9. The Morgan fingerprint density at radius 2 is 1.84 bits per heavy atom. The van der Waals surface area contributed by atoms with Crippen molar-refractivity contribution >= 4 is 17.5 Å². The first-order valence-electron chi connectivity index (χ1n) is 11.1. The molecule has 0 saturated carbocycles. The molecule has 2 aromatic rings. The van der Waals surface area contributed by atoms with Crippen LogP contribution in [0.2, 0.25) is 0 Å². The van der Waals surface area contributed by atoms with Gasteiger partial charge >= 0.3 is 0 Å². The minimum atomic E-state index is -0.125. The summed E-state index contributed by atoms with van der Waals surface area (Å²) in [4.78, 5) is 29.2. The molecule has 1 N–H and O–H groups in total. The molecule has 1 fully saturated rings. The van der Waals surface area contributed by atoms with Crippen LogP contribution in [-0.4, -0.2) is 69.8 Å². The molecule has 0 spiro atoms. The summed E-state index contributed by atoms with van der Waals surface area (Å²) in [5.74, 6) is -0.149. The number of anilines is 1. The first-order valence-corrected chi connectivity index (χ1v) is 11.1. The second-order valence-corrected chi connectivity index (χ2v) is 8.05. The van der Waals surface area contributed by atoms with Crippen LogP contribution in [0.4, 0.5) is 5.69 Å². The third-order valence-electron chi connectivity index (χ3n) is 5.47. The number of benzene rings is 2. The normalized spacial score (nSPS) is 14.2. The number of amides is 2. The highest BCUT2D eigenvalue weighted by molar-refractivity contribution is 5.94. The molecule has 2 amide bonds. The van der Waals surface area contributed by atoms with Gasteiger partial charge in [0.1, 0.15) is 6.61 Å². The van der Waals surface area contributed by atoms with Crippen molar-refractivity contribution in [1.82, 2.24) is 10.2 Å². The molecule has 0 aliphatic carbocycles. The minimum absolute atomic E-state index is 0.00187. The minimum Gasteiger partial charge on any atom is -0.379 e. The summed E-state index contributed by atoms with van der Waals surface area (Å²) in [6, 6.07) is 15.7. The van der Waals surface area contributed by atoms with Crippen LogP contribution in [0.3, 0.4) is 0 Å². The van der Waals surface area contributed by atoms with Gasteiger partial charge in [-0.2, -0.15) is 0 Å². The van der Waals surface area contributed by atoms with Crippen molar-refractivity contribution in [2.45, 2.75) is 19.9 Å². The molecule has 1 heterocycles. The van der Waals surface area contributed by atoms with Gasteiger partial charge in [0.2, 0.25) is 5.91 Å². The molecule has 0 atom stereocenters. The van der Waals surface area contributed by atoms with Gasteiger partial charge in [-0.15, -0.1) is 0 Å². The van der Waals surface area contributed by atoms with Crippen LogP contribution in [0.1, 0.15) is 16.7 Å². The van der Waals surface area contributed by atoms with Crippen LogP contribution in [0.15, 0.2) is 48.5 Å².